The lowest BCUT2D eigenvalue weighted by molar-refractivity contribution is -0.142. The van der Waals surface area contributed by atoms with Crippen LogP contribution >= 0.6 is 11.6 Å². The van der Waals surface area contributed by atoms with Crippen LogP contribution in [0.1, 0.15) is 22.3 Å². The molecule has 0 heterocycles. The molecule has 0 aliphatic carbocycles. The zero-order valence-corrected chi connectivity index (χ0v) is 19.9. The minimum absolute atomic E-state index is 0.184. The molecule has 1 N–H and O–H groups in total. The van der Waals surface area contributed by atoms with E-state index in [1.165, 1.54) is 0 Å². The molecule has 3 rings (SSSR count). The van der Waals surface area contributed by atoms with Gasteiger partial charge in [-0.25, -0.2) is 0 Å². The summed E-state index contributed by atoms with van der Waals surface area (Å²) in [4.78, 5) is 27.9. The van der Waals surface area contributed by atoms with Gasteiger partial charge in [0, 0.05) is 25.0 Å². The Bertz CT molecular complexity index is 1100. The number of benzene rings is 3. The fraction of sp³-hybridized carbons (Fsp3) is 0.259. The number of hydrogen-bond acceptors (Lipinski definition) is 3. The number of carbonyl (C=O) groups is 2. The van der Waals surface area contributed by atoms with Crippen molar-refractivity contribution in [3.05, 3.63) is 100 Å². The minimum Gasteiger partial charge on any atom is -0.483 e. The van der Waals surface area contributed by atoms with E-state index in [9.17, 15) is 9.59 Å². The van der Waals surface area contributed by atoms with E-state index < -0.39 is 6.04 Å². The number of nitrogens with one attached hydrogen (secondary N) is 1. The second-order valence-corrected chi connectivity index (χ2v) is 8.40. The minimum atomic E-state index is -0.719. The third kappa shape index (κ3) is 6.59. The van der Waals surface area contributed by atoms with Crippen LogP contribution in [-0.4, -0.2) is 36.4 Å². The number of ether oxygens (including phenoxy) is 1. The lowest BCUT2D eigenvalue weighted by Gasteiger charge is -2.31. The Morgan fingerprint density at radius 1 is 1.00 bits per heavy atom. The van der Waals surface area contributed by atoms with Crippen LogP contribution in [0.15, 0.2) is 72.8 Å². The van der Waals surface area contributed by atoms with Gasteiger partial charge in [-0.1, -0.05) is 77.8 Å². The maximum Gasteiger partial charge on any atom is 0.261 e. The predicted molar refractivity (Wildman–Crippen MR) is 131 cm³/mol. The number of hydrogen-bond donors (Lipinski definition) is 1. The molecule has 2 amide bonds. The van der Waals surface area contributed by atoms with Crippen molar-refractivity contribution in [2.75, 3.05) is 13.7 Å². The molecule has 6 heteroatoms. The van der Waals surface area contributed by atoms with Crippen molar-refractivity contribution in [2.24, 2.45) is 0 Å². The van der Waals surface area contributed by atoms with Crippen LogP contribution in [0.5, 0.6) is 5.75 Å². The van der Waals surface area contributed by atoms with Crippen molar-refractivity contribution in [1.82, 2.24) is 10.2 Å². The SMILES string of the molecule is CNC(=O)[C@H](Cc1ccccc1)N(Cc1ccccc1Cl)C(=O)COc1ccc(C)cc1C. The van der Waals surface area contributed by atoms with E-state index in [0.717, 1.165) is 22.3 Å². The molecule has 0 bridgehead atoms. The van der Waals surface area contributed by atoms with Gasteiger partial charge >= 0.3 is 0 Å². The van der Waals surface area contributed by atoms with Crippen LogP contribution in [0, 0.1) is 13.8 Å². The van der Waals surface area contributed by atoms with E-state index in [-0.39, 0.29) is 25.0 Å². The molecule has 0 spiro atoms. The molecule has 0 fully saturated rings. The third-order valence-electron chi connectivity index (χ3n) is 5.50. The van der Waals surface area contributed by atoms with E-state index in [4.69, 9.17) is 16.3 Å². The molecule has 0 saturated carbocycles. The molecular formula is C27H29ClN2O3. The maximum atomic E-state index is 13.4. The Labute approximate surface area is 200 Å². The van der Waals surface area contributed by atoms with Crippen molar-refractivity contribution >= 4 is 23.4 Å². The van der Waals surface area contributed by atoms with Gasteiger partial charge in [0.15, 0.2) is 6.61 Å². The number of halogens is 1. The molecule has 0 aromatic heterocycles. The smallest absolute Gasteiger partial charge is 0.261 e. The molecule has 3 aromatic rings. The normalized spacial score (nSPS) is 11.5. The molecule has 1 atom stereocenters. The summed E-state index contributed by atoms with van der Waals surface area (Å²) in [6.45, 7) is 3.96. The van der Waals surface area contributed by atoms with E-state index in [1.807, 2.05) is 80.6 Å². The van der Waals surface area contributed by atoms with Gasteiger partial charge in [-0.3, -0.25) is 9.59 Å². The molecule has 33 heavy (non-hydrogen) atoms. The first-order chi connectivity index (χ1) is 15.9. The van der Waals surface area contributed by atoms with Crippen molar-refractivity contribution < 1.29 is 14.3 Å². The van der Waals surface area contributed by atoms with Crippen molar-refractivity contribution in [1.29, 1.82) is 0 Å². The van der Waals surface area contributed by atoms with E-state index in [1.54, 1.807) is 18.0 Å². The Hall–Kier alpha value is -3.31. The highest BCUT2D eigenvalue weighted by atomic mass is 35.5. The van der Waals surface area contributed by atoms with Gasteiger partial charge in [-0.05, 0) is 42.7 Å². The Morgan fingerprint density at radius 2 is 1.70 bits per heavy atom. The Morgan fingerprint density at radius 3 is 2.36 bits per heavy atom. The van der Waals surface area contributed by atoms with Gasteiger partial charge in [0.1, 0.15) is 11.8 Å². The summed E-state index contributed by atoms with van der Waals surface area (Å²) >= 11 is 6.39. The van der Waals surface area contributed by atoms with Gasteiger partial charge < -0.3 is 15.0 Å². The molecule has 0 radical (unpaired) electrons. The zero-order valence-electron chi connectivity index (χ0n) is 19.2. The van der Waals surface area contributed by atoms with Gasteiger partial charge in [-0.15, -0.1) is 0 Å². The van der Waals surface area contributed by atoms with Crippen LogP contribution in [0.25, 0.3) is 0 Å². The summed E-state index contributed by atoms with van der Waals surface area (Å²) in [5, 5.41) is 3.25. The van der Waals surface area contributed by atoms with Crippen LogP contribution in [0.3, 0.4) is 0 Å². The standard InChI is InChI=1S/C27H29ClN2O3/c1-19-13-14-25(20(2)15-19)33-18-26(31)30(17-22-11-7-8-12-23(22)28)24(27(32)29-3)16-21-9-5-4-6-10-21/h4-15,24H,16-18H2,1-3H3,(H,29,32)/t24-/m0/s1. The largest absolute Gasteiger partial charge is 0.483 e. The van der Waals surface area contributed by atoms with E-state index in [2.05, 4.69) is 5.32 Å². The summed E-state index contributed by atoms with van der Waals surface area (Å²) in [7, 11) is 1.57. The first-order valence-electron chi connectivity index (χ1n) is 10.9. The summed E-state index contributed by atoms with van der Waals surface area (Å²) in [5.74, 6) is 0.108. The molecule has 0 aliphatic rings. The van der Waals surface area contributed by atoms with Gasteiger partial charge in [0.2, 0.25) is 5.91 Å². The highest BCUT2D eigenvalue weighted by molar-refractivity contribution is 6.31. The lowest BCUT2D eigenvalue weighted by Crippen LogP contribution is -2.51. The highest BCUT2D eigenvalue weighted by Crippen LogP contribution is 2.22. The Kier molecular flexibility index (Phi) is 8.50. The first-order valence-corrected chi connectivity index (χ1v) is 11.2. The molecule has 0 saturated heterocycles. The van der Waals surface area contributed by atoms with Gasteiger partial charge in [0.25, 0.3) is 5.91 Å². The molecule has 0 aliphatic heterocycles. The van der Waals surface area contributed by atoms with Crippen LogP contribution in [-0.2, 0) is 22.6 Å². The second-order valence-electron chi connectivity index (χ2n) is 7.99. The molecule has 0 unspecified atom stereocenters. The fourth-order valence-electron chi connectivity index (χ4n) is 3.71. The summed E-state index contributed by atoms with van der Waals surface area (Å²) < 4.78 is 5.86. The van der Waals surface area contributed by atoms with Crippen molar-refractivity contribution in [3.63, 3.8) is 0 Å². The average molecular weight is 465 g/mol. The quantitative estimate of drug-likeness (QED) is 0.498. The molecule has 172 valence electrons. The topological polar surface area (TPSA) is 58.6 Å². The number of amides is 2. The van der Waals surface area contributed by atoms with Crippen LogP contribution < -0.4 is 10.1 Å². The number of carbonyl (C=O) groups excluding carboxylic acids is 2. The van der Waals surface area contributed by atoms with Crippen LogP contribution in [0.4, 0.5) is 0 Å². The number of likely N-dealkylation sites (N-methyl/N-ethyl adjacent to an activating group) is 1. The Balaban J connectivity index is 1.89. The van der Waals surface area contributed by atoms with Crippen molar-refractivity contribution in [3.8, 4) is 5.75 Å². The van der Waals surface area contributed by atoms with Gasteiger partial charge in [0.05, 0.1) is 0 Å². The molecular weight excluding hydrogens is 436 g/mol. The number of rotatable bonds is 9. The second kappa shape index (κ2) is 11.5. The van der Waals surface area contributed by atoms with Crippen molar-refractivity contribution in [2.45, 2.75) is 32.9 Å². The molecule has 5 nitrogen and oxygen atoms in total. The average Bonchev–Trinajstić information content (AvgIpc) is 2.82. The lowest BCUT2D eigenvalue weighted by atomic mass is 10.0. The van der Waals surface area contributed by atoms with Gasteiger partial charge in [-0.2, -0.15) is 0 Å². The zero-order chi connectivity index (χ0) is 23.8. The fourth-order valence-corrected chi connectivity index (χ4v) is 3.91. The summed E-state index contributed by atoms with van der Waals surface area (Å²) in [5.41, 5.74) is 3.79. The number of aryl methyl sites for hydroxylation is 2. The highest BCUT2D eigenvalue weighted by Gasteiger charge is 2.30. The van der Waals surface area contributed by atoms with Crippen LogP contribution in [0.2, 0.25) is 5.02 Å². The monoisotopic (exact) mass is 464 g/mol. The number of nitrogens with zero attached hydrogens (tertiary/aromatic N) is 1. The summed E-state index contributed by atoms with van der Waals surface area (Å²) in [6.07, 6.45) is 0.375. The van der Waals surface area contributed by atoms with E-state index >= 15 is 0 Å². The van der Waals surface area contributed by atoms with E-state index in [0.29, 0.717) is 17.2 Å². The predicted octanol–water partition coefficient (Wildman–Crippen LogP) is 4.72. The maximum absolute atomic E-state index is 13.4. The first kappa shape index (κ1) is 24.3. The molecule has 3 aromatic carbocycles. The third-order valence-corrected chi connectivity index (χ3v) is 5.87. The summed E-state index contributed by atoms with van der Waals surface area (Å²) in [6, 6.07) is 22.1.